The maximum Gasteiger partial charge on any atom is 0.339 e. The van der Waals surface area contributed by atoms with Crippen molar-refractivity contribution in [2.75, 3.05) is 13.2 Å². The molecule has 36 heavy (non-hydrogen) atoms. The summed E-state index contributed by atoms with van der Waals surface area (Å²) in [6, 6.07) is 21.2. The van der Waals surface area contributed by atoms with Crippen molar-refractivity contribution in [3.63, 3.8) is 0 Å². The minimum atomic E-state index is -0.904. The number of hydrogen-bond donors (Lipinski definition) is 2. The second-order valence-corrected chi connectivity index (χ2v) is 8.35. The lowest BCUT2D eigenvalue weighted by atomic mass is 10.1. The van der Waals surface area contributed by atoms with Crippen molar-refractivity contribution < 1.29 is 29.3 Å². The summed E-state index contributed by atoms with van der Waals surface area (Å²) < 4.78 is 10.5. The monoisotopic (exact) mass is 486 g/mol. The standard InChI is InChI=1S/C30H30O6/c1-3-21-9-13-23(14-10-21)17-25(31)19-35-29(33)27-7-5-6-8-28(27)30(34)36-20-26(32)18-24-15-11-22(4-2)12-16-24/h3-16,25-26,31-32H,1-2,17-20H2. The van der Waals surface area contributed by atoms with Crippen LogP contribution in [0.15, 0.2) is 86.0 Å². The van der Waals surface area contributed by atoms with Crippen LogP contribution in [0.1, 0.15) is 43.0 Å². The van der Waals surface area contributed by atoms with Gasteiger partial charge in [0.15, 0.2) is 0 Å². The first-order valence-electron chi connectivity index (χ1n) is 11.6. The predicted octanol–water partition coefficient (Wildman–Crippen LogP) is 4.49. The fourth-order valence-corrected chi connectivity index (χ4v) is 3.58. The number of aliphatic hydroxyl groups excluding tert-OH is 2. The highest BCUT2D eigenvalue weighted by molar-refractivity contribution is 6.03. The number of benzene rings is 3. The number of rotatable bonds is 12. The van der Waals surface area contributed by atoms with Crippen LogP contribution in [0.2, 0.25) is 0 Å². The summed E-state index contributed by atoms with van der Waals surface area (Å²) in [6.45, 7) is 6.96. The van der Waals surface area contributed by atoms with Gasteiger partial charge >= 0.3 is 11.9 Å². The maximum absolute atomic E-state index is 12.6. The number of carbonyl (C=O) groups is 2. The van der Waals surface area contributed by atoms with E-state index in [9.17, 15) is 19.8 Å². The molecule has 0 amide bonds. The van der Waals surface area contributed by atoms with Gasteiger partial charge in [-0.25, -0.2) is 9.59 Å². The molecule has 186 valence electrons. The van der Waals surface area contributed by atoms with E-state index in [2.05, 4.69) is 13.2 Å². The van der Waals surface area contributed by atoms with Gasteiger partial charge in [0, 0.05) is 12.8 Å². The molecule has 0 aliphatic heterocycles. The predicted molar refractivity (Wildman–Crippen MR) is 139 cm³/mol. The van der Waals surface area contributed by atoms with Crippen LogP contribution in [0.5, 0.6) is 0 Å². The van der Waals surface area contributed by atoms with Crippen LogP contribution in [0.3, 0.4) is 0 Å². The van der Waals surface area contributed by atoms with Gasteiger partial charge in [-0.15, -0.1) is 0 Å². The van der Waals surface area contributed by atoms with Gasteiger partial charge in [0.25, 0.3) is 0 Å². The Morgan fingerprint density at radius 2 is 1.03 bits per heavy atom. The second kappa shape index (κ2) is 13.2. The lowest BCUT2D eigenvalue weighted by Crippen LogP contribution is -2.24. The van der Waals surface area contributed by atoms with Crippen molar-refractivity contribution in [3.05, 3.63) is 119 Å². The van der Waals surface area contributed by atoms with Crippen molar-refractivity contribution in [2.45, 2.75) is 25.0 Å². The molecule has 3 aromatic carbocycles. The van der Waals surface area contributed by atoms with E-state index < -0.39 is 24.1 Å². The molecule has 0 saturated heterocycles. The highest BCUT2D eigenvalue weighted by atomic mass is 16.5. The molecule has 0 aliphatic rings. The van der Waals surface area contributed by atoms with E-state index in [-0.39, 0.29) is 24.3 Å². The molecule has 0 radical (unpaired) electrons. The number of hydrogen-bond acceptors (Lipinski definition) is 6. The molecule has 3 aromatic rings. The molecule has 0 aromatic heterocycles. The van der Waals surface area contributed by atoms with Gasteiger partial charge in [0.05, 0.1) is 23.3 Å². The Bertz CT molecular complexity index is 1090. The summed E-state index contributed by atoms with van der Waals surface area (Å²) in [5.41, 5.74) is 3.78. The van der Waals surface area contributed by atoms with E-state index in [0.29, 0.717) is 12.8 Å². The van der Waals surface area contributed by atoms with Gasteiger partial charge in [-0.2, -0.15) is 0 Å². The zero-order valence-electron chi connectivity index (χ0n) is 20.0. The molecular weight excluding hydrogens is 456 g/mol. The number of carbonyl (C=O) groups excluding carboxylic acids is 2. The molecule has 0 saturated carbocycles. The summed E-state index contributed by atoms with van der Waals surface area (Å²) in [6.07, 6.45) is 2.27. The average Bonchev–Trinajstić information content (AvgIpc) is 2.91. The summed E-state index contributed by atoms with van der Waals surface area (Å²) >= 11 is 0. The van der Waals surface area contributed by atoms with Crippen molar-refractivity contribution in [1.29, 1.82) is 0 Å². The molecule has 2 atom stereocenters. The Morgan fingerprint density at radius 1 is 0.667 bits per heavy atom. The van der Waals surface area contributed by atoms with Crippen LogP contribution >= 0.6 is 0 Å². The molecule has 2 unspecified atom stereocenters. The Morgan fingerprint density at radius 3 is 1.36 bits per heavy atom. The topological polar surface area (TPSA) is 93.1 Å². The molecule has 0 fully saturated rings. The van der Waals surface area contributed by atoms with Crippen LogP contribution in [-0.4, -0.2) is 47.6 Å². The van der Waals surface area contributed by atoms with Gasteiger partial charge in [0.1, 0.15) is 13.2 Å². The van der Waals surface area contributed by atoms with Crippen LogP contribution in [0, 0.1) is 0 Å². The number of esters is 2. The average molecular weight is 487 g/mol. The fraction of sp³-hybridized carbons (Fsp3) is 0.200. The smallest absolute Gasteiger partial charge is 0.339 e. The van der Waals surface area contributed by atoms with Gasteiger partial charge in [-0.3, -0.25) is 0 Å². The first-order chi connectivity index (χ1) is 17.4. The van der Waals surface area contributed by atoms with E-state index in [4.69, 9.17) is 9.47 Å². The van der Waals surface area contributed by atoms with E-state index >= 15 is 0 Å². The van der Waals surface area contributed by atoms with Crippen LogP contribution in [-0.2, 0) is 22.3 Å². The molecule has 0 aliphatic carbocycles. The minimum absolute atomic E-state index is 0.0274. The normalized spacial score (nSPS) is 12.3. The summed E-state index contributed by atoms with van der Waals surface area (Å²) in [5.74, 6) is -1.49. The molecular formula is C30H30O6. The Kier molecular flexibility index (Phi) is 9.74. The molecule has 0 spiro atoms. The van der Waals surface area contributed by atoms with Gasteiger partial charge in [0.2, 0.25) is 0 Å². The first-order valence-corrected chi connectivity index (χ1v) is 11.6. The van der Waals surface area contributed by atoms with Crippen LogP contribution in [0.4, 0.5) is 0 Å². The lowest BCUT2D eigenvalue weighted by Gasteiger charge is -2.14. The highest BCUT2D eigenvalue weighted by Crippen LogP contribution is 2.14. The zero-order valence-corrected chi connectivity index (χ0v) is 20.0. The van der Waals surface area contributed by atoms with Crippen molar-refractivity contribution in [3.8, 4) is 0 Å². The number of aliphatic hydroxyl groups is 2. The maximum atomic E-state index is 12.6. The zero-order chi connectivity index (χ0) is 25.9. The first kappa shape index (κ1) is 26.6. The van der Waals surface area contributed by atoms with Crippen molar-refractivity contribution >= 4 is 24.1 Å². The SMILES string of the molecule is C=Cc1ccc(CC(O)COC(=O)c2ccccc2C(=O)OCC(O)Cc2ccc(C=C)cc2)cc1. The van der Waals surface area contributed by atoms with Gasteiger partial charge < -0.3 is 19.7 Å². The fourth-order valence-electron chi connectivity index (χ4n) is 3.58. The molecule has 2 N–H and O–H groups in total. The molecule has 6 nitrogen and oxygen atoms in total. The lowest BCUT2D eigenvalue weighted by molar-refractivity contribution is 0.0222. The minimum Gasteiger partial charge on any atom is -0.459 e. The number of ether oxygens (including phenoxy) is 2. The van der Waals surface area contributed by atoms with E-state index in [1.54, 1.807) is 24.3 Å². The molecule has 3 rings (SSSR count). The van der Waals surface area contributed by atoms with E-state index in [1.165, 1.54) is 12.1 Å². The summed E-state index contributed by atoms with van der Waals surface area (Å²) in [5, 5.41) is 20.6. The second-order valence-electron chi connectivity index (χ2n) is 8.35. The van der Waals surface area contributed by atoms with Crippen LogP contribution in [0.25, 0.3) is 12.2 Å². The Hall–Kier alpha value is -4.00. The van der Waals surface area contributed by atoms with Crippen molar-refractivity contribution in [2.24, 2.45) is 0 Å². The molecule has 0 heterocycles. The van der Waals surface area contributed by atoms with Gasteiger partial charge in [-0.1, -0.05) is 86.0 Å². The van der Waals surface area contributed by atoms with Crippen molar-refractivity contribution in [1.82, 2.24) is 0 Å². The third-order valence-electron chi connectivity index (χ3n) is 5.55. The Labute approximate surface area is 211 Å². The highest BCUT2D eigenvalue weighted by Gasteiger charge is 2.21. The van der Waals surface area contributed by atoms with E-state index in [1.807, 2.05) is 48.5 Å². The van der Waals surface area contributed by atoms with Crippen LogP contribution < -0.4 is 0 Å². The third kappa shape index (κ3) is 7.77. The summed E-state index contributed by atoms with van der Waals surface area (Å²) in [7, 11) is 0. The van der Waals surface area contributed by atoms with Gasteiger partial charge in [-0.05, 0) is 34.4 Å². The Balaban J connectivity index is 1.52. The molecule has 6 heteroatoms. The summed E-state index contributed by atoms with van der Waals surface area (Å²) in [4.78, 5) is 25.3. The molecule has 0 bridgehead atoms. The third-order valence-corrected chi connectivity index (χ3v) is 5.55. The quantitative estimate of drug-likeness (QED) is 0.367. The van der Waals surface area contributed by atoms with E-state index in [0.717, 1.165) is 22.3 Å². The largest absolute Gasteiger partial charge is 0.459 e.